The summed E-state index contributed by atoms with van der Waals surface area (Å²) in [5.41, 5.74) is 2.01. The minimum absolute atomic E-state index is 0.0998. The van der Waals surface area contributed by atoms with E-state index in [9.17, 15) is 0 Å². The third-order valence-electron chi connectivity index (χ3n) is 4.28. The van der Waals surface area contributed by atoms with Gasteiger partial charge in [0, 0.05) is 19.7 Å². The maximum Gasteiger partial charge on any atom is 0.236 e. The lowest BCUT2D eigenvalue weighted by Gasteiger charge is -2.14. The number of ether oxygens (including phenoxy) is 1. The molecule has 1 unspecified atom stereocenters. The van der Waals surface area contributed by atoms with E-state index in [-0.39, 0.29) is 6.10 Å². The zero-order valence-electron chi connectivity index (χ0n) is 16.9. The molecule has 6 nitrogen and oxygen atoms in total. The van der Waals surface area contributed by atoms with Crippen LogP contribution in [0.3, 0.4) is 0 Å². The van der Waals surface area contributed by atoms with Gasteiger partial charge in [-0.25, -0.2) is 9.98 Å². The van der Waals surface area contributed by atoms with Gasteiger partial charge in [0.1, 0.15) is 12.0 Å². The summed E-state index contributed by atoms with van der Waals surface area (Å²) >= 11 is 1.61. The van der Waals surface area contributed by atoms with Crippen LogP contribution in [0, 0.1) is 0 Å². The molecular weight excluding hydrogens is 384 g/mol. The first-order valence-electron chi connectivity index (χ1n) is 9.93. The lowest BCUT2D eigenvalue weighted by molar-refractivity contribution is 0.0646. The van der Waals surface area contributed by atoms with Crippen LogP contribution in [-0.4, -0.2) is 30.6 Å². The number of nitrogens with zero attached hydrogens (tertiary/aromatic N) is 2. The van der Waals surface area contributed by atoms with Crippen molar-refractivity contribution in [2.45, 2.75) is 32.9 Å². The molecule has 7 heteroatoms. The van der Waals surface area contributed by atoms with E-state index in [1.54, 1.807) is 17.6 Å². The molecule has 0 radical (unpaired) electrons. The van der Waals surface area contributed by atoms with Crippen molar-refractivity contribution in [3.63, 3.8) is 0 Å². The van der Waals surface area contributed by atoms with Crippen molar-refractivity contribution in [3.05, 3.63) is 65.4 Å². The molecule has 0 amide bonds. The van der Waals surface area contributed by atoms with E-state index in [4.69, 9.17) is 9.15 Å². The highest BCUT2D eigenvalue weighted by Crippen LogP contribution is 2.23. The van der Waals surface area contributed by atoms with Crippen molar-refractivity contribution >= 4 is 17.3 Å². The summed E-state index contributed by atoms with van der Waals surface area (Å²) in [5, 5.41) is 8.60. The number of aliphatic imine (C=N–C) groups is 1. The van der Waals surface area contributed by atoms with Crippen LogP contribution in [0.2, 0.25) is 0 Å². The standard InChI is InChI=1S/C22H28N4O2S/c1-3-23-22(24-12-8-13-27-17(2)18-9-5-4-6-10-18)25-15-19-16-28-21(26-19)20-11-7-14-29-20/h4-7,9-11,14,16-17H,3,8,12-13,15H2,1-2H3,(H2,23,24,25). The molecule has 1 aromatic carbocycles. The quantitative estimate of drug-likeness (QED) is 0.289. The van der Waals surface area contributed by atoms with Gasteiger partial charge < -0.3 is 19.8 Å². The average molecular weight is 413 g/mol. The number of benzene rings is 1. The summed E-state index contributed by atoms with van der Waals surface area (Å²) in [6.07, 6.45) is 2.66. The fraction of sp³-hybridized carbons (Fsp3) is 0.364. The lowest BCUT2D eigenvalue weighted by Crippen LogP contribution is -2.38. The van der Waals surface area contributed by atoms with Crippen molar-refractivity contribution in [2.75, 3.05) is 19.7 Å². The molecule has 1 atom stereocenters. The maximum absolute atomic E-state index is 5.92. The Bertz CT molecular complexity index is 862. The van der Waals surface area contributed by atoms with Gasteiger partial charge in [0.15, 0.2) is 5.96 Å². The summed E-state index contributed by atoms with van der Waals surface area (Å²) in [4.78, 5) is 10.1. The second kappa shape index (κ2) is 11.4. The topological polar surface area (TPSA) is 71.7 Å². The number of nitrogens with one attached hydrogen (secondary N) is 2. The third-order valence-corrected chi connectivity index (χ3v) is 5.14. The molecule has 0 spiro atoms. The molecule has 2 heterocycles. The SMILES string of the molecule is CCNC(=NCc1coc(-c2cccs2)n1)NCCCOC(C)c1ccccc1. The second-order valence-electron chi connectivity index (χ2n) is 6.52. The summed E-state index contributed by atoms with van der Waals surface area (Å²) in [7, 11) is 0. The molecule has 154 valence electrons. The van der Waals surface area contributed by atoms with Crippen LogP contribution in [0.4, 0.5) is 0 Å². The van der Waals surface area contributed by atoms with E-state index in [1.165, 1.54) is 5.56 Å². The number of hydrogen-bond donors (Lipinski definition) is 2. The van der Waals surface area contributed by atoms with Gasteiger partial charge in [-0.15, -0.1) is 11.3 Å². The highest BCUT2D eigenvalue weighted by Gasteiger charge is 2.08. The first kappa shape index (κ1) is 21.1. The Kier molecular flexibility index (Phi) is 8.27. The Morgan fingerprint density at radius 1 is 1.21 bits per heavy atom. The van der Waals surface area contributed by atoms with Crippen LogP contribution in [0.1, 0.15) is 37.6 Å². The summed E-state index contributed by atoms with van der Waals surface area (Å²) in [5.74, 6) is 1.41. The largest absolute Gasteiger partial charge is 0.443 e. The minimum Gasteiger partial charge on any atom is -0.443 e. The summed E-state index contributed by atoms with van der Waals surface area (Å²) in [6.45, 7) is 6.87. The molecule has 3 rings (SSSR count). The molecule has 29 heavy (non-hydrogen) atoms. The fourth-order valence-electron chi connectivity index (χ4n) is 2.75. The van der Waals surface area contributed by atoms with Crippen molar-refractivity contribution in [1.82, 2.24) is 15.6 Å². The van der Waals surface area contributed by atoms with E-state index in [2.05, 4.69) is 39.7 Å². The zero-order valence-corrected chi connectivity index (χ0v) is 17.7. The number of guanidine groups is 1. The Labute approximate surface area is 176 Å². The van der Waals surface area contributed by atoms with Crippen molar-refractivity contribution < 1.29 is 9.15 Å². The van der Waals surface area contributed by atoms with E-state index >= 15 is 0 Å². The first-order chi connectivity index (χ1) is 14.3. The Hall–Kier alpha value is -2.64. The number of thiophene rings is 1. The van der Waals surface area contributed by atoms with Gasteiger partial charge in [0.05, 0.1) is 17.5 Å². The molecule has 2 N–H and O–H groups in total. The molecule has 0 saturated heterocycles. The van der Waals surface area contributed by atoms with Gasteiger partial charge in [-0.1, -0.05) is 36.4 Å². The molecule has 0 saturated carbocycles. The zero-order chi connectivity index (χ0) is 20.3. The minimum atomic E-state index is 0.0998. The molecule has 0 bridgehead atoms. The van der Waals surface area contributed by atoms with Gasteiger partial charge >= 0.3 is 0 Å². The van der Waals surface area contributed by atoms with Crippen molar-refractivity contribution in [2.24, 2.45) is 4.99 Å². The predicted molar refractivity (Wildman–Crippen MR) is 118 cm³/mol. The van der Waals surface area contributed by atoms with E-state index in [0.717, 1.165) is 36.0 Å². The number of aromatic nitrogens is 1. The Morgan fingerprint density at radius 3 is 2.83 bits per heavy atom. The van der Waals surface area contributed by atoms with Crippen molar-refractivity contribution in [3.8, 4) is 10.8 Å². The second-order valence-corrected chi connectivity index (χ2v) is 7.47. The highest BCUT2D eigenvalue weighted by atomic mass is 32.1. The van der Waals surface area contributed by atoms with Gasteiger partial charge in [0.25, 0.3) is 0 Å². The van der Waals surface area contributed by atoms with Crippen molar-refractivity contribution in [1.29, 1.82) is 0 Å². The third kappa shape index (κ3) is 6.73. The van der Waals surface area contributed by atoms with Crippen LogP contribution in [0.15, 0.2) is 63.5 Å². The summed E-state index contributed by atoms with van der Waals surface area (Å²) in [6, 6.07) is 14.3. The fourth-order valence-corrected chi connectivity index (χ4v) is 3.41. The van der Waals surface area contributed by atoms with Crippen LogP contribution >= 0.6 is 11.3 Å². The highest BCUT2D eigenvalue weighted by molar-refractivity contribution is 7.13. The van der Waals surface area contributed by atoms with Crippen LogP contribution < -0.4 is 10.6 Å². The molecular formula is C22H28N4O2S. The predicted octanol–water partition coefficient (Wildman–Crippen LogP) is 4.63. The van der Waals surface area contributed by atoms with Gasteiger partial charge in [-0.2, -0.15) is 0 Å². The normalized spacial score (nSPS) is 12.7. The molecule has 0 aliphatic rings. The number of hydrogen-bond acceptors (Lipinski definition) is 5. The first-order valence-corrected chi connectivity index (χ1v) is 10.8. The van der Waals surface area contributed by atoms with Crippen LogP contribution in [0.25, 0.3) is 10.8 Å². The average Bonchev–Trinajstić information content (AvgIpc) is 3.44. The van der Waals surface area contributed by atoms with Gasteiger partial charge in [-0.05, 0) is 37.3 Å². The Morgan fingerprint density at radius 2 is 2.07 bits per heavy atom. The van der Waals surface area contributed by atoms with Gasteiger partial charge in [-0.3, -0.25) is 0 Å². The monoisotopic (exact) mass is 412 g/mol. The molecule has 3 aromatic rings. The van der Waals surface area contributed by atoms with E-state index in [0.29, 0.717) is 19.0 Å². The van der Waals surface area contributed by atoms with Crippen LogP contribution in [-0.2, 0) is 11.3 Å². The number of oxazole rings is 1. The van der Waals surface area contributed by atoms with Crippen LogP contribution in [0.5, 0.6) is 0 Å². The lowest BCUT2D eigenvalue weighted by atomic mass is 10.1. The van der Waals surface area contributed by atoms with Gasteiger partial charge in [0.2, 0.25) is 5.89 Å². The molecule has 0 aliphatic carbocycles. The molecule has 2 aromatic heterocycles. The molecule has 0 fully saturated rings. The summed E-state index contributed by atoms with van der Waals surface area (Å²) < 4.78 is 11.5. The maximum atomic E-state index is 5.92. The number of rotatable bonds is 10. The molecule has 0 aliphatic heterocycles. The van der Waals surface area contributed by atoms with E-state index in [1.807, 2.05) is 42.6 Å². The van der Waals surface area contributed by atoms with E-state index < -0.39 is 0 Å². The Balaban J connectivity index is 1.41. The smallest absolute Gasteiger partial charge is 0.236 e.